The molecule has 2 saturated carbocycles. The summed E-state index contributed by atoms with van der Waals surface area (Å²) in [5.41, 5.74) is 1.65. The van der Waals surface area contributed by atoms with Crippen LogP contribution in [0.3, 0.4) is 0 Å². The van der Waals surface area contributed by atoms with Gasteiger partial charge in [-0.1, -0.05) is 18.7 Å². The monoisotopic (exact) mass is 461 g/mol. The maximum absolute atomic E-state index is 12.9. The van der Waals surface area contributed by atoms with E-state index in [9.17, 15) is 14.4 Å². The first-order chi connectivity index (χ1) is 15.5. The van der Waals surface area contributed by atoms with Crippen LogP contribution >= 0.6 is 11.8 Å². The number of amides is 4. The van der Waals surface area contributed by atoms with Gasteiger partial charge in [0, 0.05) is 19.1 Å². The van der Waals surface area contributed by atoms with E-state index >= 15 is 0 Å². The van der Waals surface area contributed by atoms with Crippen molar-refractivity contribution >= 4 is 35.6 Å². The molecule has 1 aromatic heterocycles. The molecule has 4 amide bonds. The average Bonchev–Trinajstić information content (AvgIpc) is 3.51. The molecule has 4 aliphatic rings. The summed E-state index contributed by atoms with van der Waals surface area (Å²) in [4.78, 5) is 40.3. The lowest BCUT2D eigenvalue weighted by Crippen LogP contribution is -2.51. The zero-order valence-corrected chi connectivity index (χ0v) is 19.3. The summed E-state index contributed by atoms with van der Waals surface area (Å²) >= 11 is 1.30. The number of anilines is 1. The van der Waals surface area contributed by atoms with Crippen molar-refractivity contribution in [2.45, 2.75) is 81.4 Å². The van der Waals surface area contributed by atoms with Gasteiger partial charge < -0.3 is 10.2 Å². The SMILES string of the molecule is CC1CCC2(CC1)NC(=O)N(NC(=O)CSc1nnc(N3CCCCC3)n1C1CC1)C2=O. The second kappa shape index (κ2) is 8.57. The number of nitrogens with one attached hydrogen (secondary N) is 2. The maximum Gasteiger partial charge on any atom is 0.344 e. The van der Waals surface area contributed by atoms with E-state index in [0.29, 0.717) is 24.8 Å². The minimum Gasteiger partial charge on any atom is -0.341 e. The van der Waals surface area contributed by atoms with Gasteiger partial charge in [0.2, 0.25) is 11.9 Å². The Balaban J connectivity index is 1.21. The summed E-state index contributed by atoms with van der Waals surface area (Å²) in [5, 5.41) is 13.2. The molecule has 2 saturated heterocycles. The van der Waals surface area contributed by atoms with Gasteiger partial charge in [0.1, 0.15) is 5.54 Å². The molecule has 1 spiro atoms. The number of nitrogens with zero attached hydrogens (tertiary/aromatic N) is 5. The summed E-state index contributed by atoms with van der Waals surface area (Å²) in [7, 11) is 0. The lowest BCUT2D eigenvalue weighted by Gasteiger charge is -2.33. The van der Waals surface area contributed by atoms with Crippen molar-refractivity contribution in [2.24, 2.45) is 5.92 Å². The molecule has 0 unspecified atom stereocenters. The highest BCUT2D eigenvalue weighted by atomic mass is 32.2. The van der Waals surface area contributed by atoms with Crippen LogP contribution in [0, 0.1) is 5.92 Å². The zero-order valence-electron chi connectivity index (χ0n) is 18.5. The predicted octanol–water partition coefficient (Wildman–Crippen LogP) is 2.23. The van der Waals surface area contributed by atoms with E-state index in [1.54, 1.807) is 0 Å². The van der Waals surface area contributed by atoms with E-state index in [4.69, 9.17) is 0 Å². The fourth-order valence-corrected chi connectivity index (χ4v) is 5.73. The van der Waals surface area contributed by atoms with Crippen LogP contribution in [0.2, 0.25) is 0 Å². The van der Waals surface area contributed by atoms with E-state index in [-0.39, 0.29) is 11.7 Å². The van der Waals surface area contributed by atoms with Gasteiger partial charge >= 0.3 is 6.03 Å². The Hall–Kier alpha value is -2.30. The van der Waals surface area contributed by atoms with Crippen LogP contribution in [0.15, 0.2) is 5.16 Å². The summed E-state index contributed by atoms with van der Waals surface area (Å²) < 4.78 is 2.16. The molecule has 2 aliphatic heterocycles. The van der Waals surface area contributed by atoms with Crippen LogP contribution in [0.25, 0.3) is 0 Å². The van der Waals surface area contributed by atoms with Crippen LogP contribution in [0.4, 0.5) is 10.7 Å². The van der Waals surface area contributed by atoms with E-state index in [1.807, 2.05) is 0 Å². The number of imide groups is 1. The molecule has 4 fully saturated rings. The molecule has 0 atom stereocenters. The first kappa shape index (κ1) is 21.5. The summed E-state index contributed by atoms with van der Waals surface area (Å²) in [6, 6.07) is -0.150. The molecular weight excluding hydrogens is 430 g/mol. The highest BCUT2D eigenvalue weighted by Crippen LogP contribution is 2.41. The van der Waals surface area contributed by atoms with Gasteiger partial charge in [-0.2, -0.15) is 5.01 Å². The number of rotatable bonds is 6. The number of carbonyl (C=O) groups excluding carboxylic acids is 3. The Morgan fingerprint density at radius 3 is 2.53 bits per heavy atom. The third-order valence-corrected chi connectivity index (χ3v) is 8.00. The van der Waals surface area contributed by atoms with Crippen molar-refractivity contribution in [3.05, 3.63) is 0 Å². The lowest BCUT2D eigenvalue weighted by atomic mass is 9.77. The van der Waals surface area contributed by atoms with Crippen LogP contribution in [-0.4, -0.2) is 62.0 Å². The Labute approximate surface area is 191 Å². The third kappa shape index (κ3) is 4.06. The van der Waals surface area contributed by atoms with E-state index in [2.05, 4.69) is 37.3 Å². The Bertz CT molecular complexity index is 901. The Morgan fingerprint density at radius 2 is 1.84 bits per heavy atom. The largest absolute Gasteiger partial charge is 0.344 e. The molecule has 10 nitrogen and oxygen atoms in total. The first-order valence-electron chi connectivity index (χ1n) is 11.8. The number of urea groups is 1. The zero-order chi connectivity index (χ0) is 22.3. The van der Waals surface area contributed by atoms with Gasteiger partial charge in [-0.25, -0.2) is 4.79 Å². The fraction of sp³-hybridized carbons (Fsp3) is 0.762. The van der Waals surface area contributed by atoms with Gasteiger partial charge in [-0.05, 0) is 63.7 Å². The van der Waals surface area contributed by atoms with E-state index in [0.717, 1.165) is 67.7 Å². The van der Waals surface area contributed by atoms with Gasteiger partial charge in [0.25, 0.3) is 5.91 Å². The highest BCUT2D eigenvalue weighted by Gasteiger charge is 2.52. The van der Waals surface area contributed by atoms with Crippen molar-refractivity contribution < 1.29 is 14.4 Å². The van der Waals surface area contributed by atoms with Crippen LogP contribution in [-0.2, 0) is 9.59 Å². The van der Waals surface area contributed by atoms with Crippen molar-refractivity contribution in [3.8, 4) is 0 Å². The molecular formula is C21H31N7O3S. The van der Waals surface area contributed by atoms with Crippen LogP contribution in [0.1, 0.15) is 70.8 Å². The summed E-state index contributed by atoms with van der Waals surface area (Å²) in [6.45, 7) is 4.13. The number of hydrazine groups is 1. The molecule has 0 aromatic carbocycles. The highest BCUT2D eigenvalue weighted by molar-refractivity contribution is 7.99. The average molecular weight is 462 g/mol. The van der Waals surface area contributed by atoms with Crippen molar-refractivity contribution in [1.82, 2.24) is 30.5 Å². The van der Waals surface area contributed by atoms with E-state index in [1.165, 1.54) is 18.2 Å². The number of hydrogen-bond donors (Lipinski definition) is 2. The van der Waals surface area contributed by atoms with Crippen molar-refractivity contribution in [1.29, 1.82) is 0 Å². The summed E-state index contributed by atoms with van der Waals surface area (Å²) in [6.07, 6.45) is 8.78. The number of hydrogen-bond acceptors (Lipinski definition) is 7. The molecule has 1 aromatic rings. The normalized spacial score (nSPS) is 28.3. The lowest BCUT2D eigenvalue weighted by molar-refractivity contribution is -0.139. The first-order valence-corrected chi connectivity index (χ1v) is 12.7. The topological polar surface area (TPSA) is 112 Å². The number of piperidine rings is 1. The molecule has 11 heteroatoms. The molecule has 2 aliphatic carbocycles. The third-order valence-electron chi connectivity index (χ3n) is 7.06. The van der Waals surface area contributed by atoms with Gasteiger partial charge in [0.05, 0.1) is 5.75 Å². The molecule has 174 valence electrons. The minimum atomic E-state index is -0.862. The van der Waals surface area contributed by atoms with Crippen LogP contribution in [0.5, 0.6) is 0 Å². The Morgan fingerprint density at radius 1 is 1.12 bits per heavy atom. The van der Waals surface area contributed by atoms with Gasteiger partial charge in [-0.15, -0.1) is 10.2 Å². The molecule has 3 heterocycles. The number of carbonyl (C=O) groups is 3. The molecule has 5 rings (SSSR count). The second-order valence-corrected chi connectivity index (χ2v) is 10.5. The number of thioether (sulfide) groups is 1. The number of aromatic nitrogens is 3. The Kier molecular flexibility index (Phi) is 5.77. The standard InChI is InChI=1S/C21H31N7O3S/c1-14-7-9-21(10-8-14)17(30)28(19(31)22-21)25-16(29)13-32-20-24-23-18(27(20)15-5-6-15)26-11-3-2-4-12-26/h14-15H,2-13H2,1H3,(H,22,31)(H,25,29). The van der Waals surface area contributed by atoms with Crippen molar-refractivity contribution in [3.63, 3.8) is 0 Å². The fourth-order valence-electron chi connectivity index (χ4n) is 4.93. The van der Waals surface area contributed by atoms with Gasteiger partial charge in [-0.3, -0.25) is 19.6 Å². The van der Waals surface area contributed by atoms with Gasteiger partial charge in [0.15, 0.2) is 5.16 Å². The molecule has 0 radical (unpaired) electrons. The van der Waals surface area contributed by atoms with E-state index < -0.39 is 17.5 Å². The smallest absolute Gasteiger partial charge is 0.341 e. The molecule has 2 N–H and O–H groups in total. The molecule has 32 heavy (non-hydrogen) atoms. The quantitative estimate of drug-likeness (QED) is 0.493. The van der Waals surface area contributed by atoms with Crippen molar-refractivity contribution in [2.75, 3.05) is 23.7 Å². The summed E-state index contributed by atoms with van der Waals surface area (Å²) in [5.74, 6) is 0.763. The minimum absolute atomic E-state index is 0.0615. The maximum atomic E-state index is 12.9. The predicted molar refractivity (Wildman–Crippen MR) is 119 cm³/mol. The van der Waals surface area contributed by atoms with Crippen LogP contribution < -0.4 is 15.6 Å². The second-order valence-electron chi connectivity index (χ2n) is 9.59. The molecule has 0 bridgehead atoms.